The largest absolute Gasteiger partial charge is 0.378 e. The summed E-state index contributed by atoms with van der Waals surface area (Å²) < 4.78 is 1.04. The van der Waals surface area contributed by atoms with Crippen molar-refractivity contribution in [2.75, 3.05) is 19.0 Å². The van der Waals surface area contributed by atoms with Gasteiger partial charge in [-0.25, -0.2) is 4.79 Å². The lowest BCUT2D eigenvalue weighted by Gasteiger charge is -2.12. The quantitative estimate of drug-likeness (QED) is 0.725. The SMILES string of the molecule is CN(C)c1ccc(-c2[nH]nc3[nH]c(=O)n(C)c(=O)c23)cc1. The third-order valence-electron chi connectivity index (χ3n) is 3.49. The summed E-state index contributed by atoms with van der Waals surface area (Å²) in [6.07, 6.45) is 0. The number of anilines is 1. The minimum atomic E-state index is -0.478. The van der Waals surface area contributed by atoms with E-state index in [-0.39, 0.29) is 11.2 Å². The molecule has 0 atom stereocenters. The summed E-state index contributed by atoms with van der Waals surface area (Å²) in [6.45, 7) is 0. The molecule has 1 aromatic carbocycles. The molecule has 108 valence electrons. The Bertz CT molecular complexity index is 915. The van der Waals surface area contributed by atoms with E-state index in [1.54, 1.807) is 0 Å². The second-order valence-corrected chi connectivity index (χ2v) is 5.06. The molecule has 0 aliphatic heterocycles. The number of hydrogen-bond donors (Lipinski definition) is 2. The summed E-state index contributed by atoms with van der Waals surface area (Å²) in [6, 6.07) is 7.73. The van der Waals surface area contributed by atoms with Crippen molar-refractivity contribution < 1.29 is 0 Å². The Morgan fingerprint density at radius 3 is 2.43 bits per heavy atom. The molecule has 0 unspecified atom stereocenters. The Labute approximate surface area is 119 Å². The Morgan fingerprint density at radius 2 is 1.81 bits per heavy atom. The van der Waals surface area contributed by atoms with Gasteiger partial charge in [0.05, 0.1) is 5.69 Å². The Morgan fingerprint density at radius 1 is 1.14 bits per heavy atom. The summed E-state index contributed by atoms with van der Waals surface area (Å²) in [5.74, 6) is 0. The lowest BCUT2D eigenvalue weighted by atomic mass is 10.1. The van der Waals surface area contributed by atoms with E-state index >= 15 is 0 Å². The van der Waals surface area contributed by atoms with Crippen LogP contribution in [0.1, 0.15) is 0 Å². The number of benzene rings is 1. The zero-order valence-corrected chi connectivity index (χ0v) is 12.0. The van der Waals surface area contributed by atoms with E-state index in [0.29, 0.717) is 11.1 Å². The highest BCUT2D eigenvalue weighted by atomic mass is 16.2. The summed E-state index contributed by atoms with van der Waals surface area (Å²) in [5.41, 5.74) is 1.93. The monoisotopic (exact) mass is 285 g/mol. The third-order valence-corrected chi connectivity index (χ3v) is 3.49. The molecule has 2 aromatic heterocycles. The topological polar surface area (TPSA) is 86.8 Å². The van der Waals surface area contributed by atoms with Gasteiger partial charge in [0.2, 0.25) is 0 Å². The fraction of sp³-hybridized carbons (Fsp3) is 0.214. The summed E-state index contributed by atoms with van der Waals surface area (Å²) >= 11 is 0. The molecule has 0 amide bonds. The lowest BCUT2D eigenvalue weighted by Crippen LogP contribution is -2.32. The molecule has 0 bridgehead atoms. The van der Waals surface area contributed by atoms with Crippen molar-refractivity contribution in [3.8, 4) is 11.3 Å². The van der Waals surface area contributed by atoms with Gasteiger partial charge in [-0.15, -0.1) is 0 Å². The smallest absolute Gasteiger partial charge is 0.329 e. The molecule has 0 spiro atoms. The molecule has 0 fully saturated rings. The van der Waals surface area contributed by atoms with Gasteiger partial charge in [-0.3, -0.25) is 19.4 Å². The van der Waals surface area contributed by atoms with Gasteiger partial charge >= 0.3 is 5.69 Å². The Hall–Kier alpha value is -2.83. The van der Waals surface area contributed by atoms with Crippen LogP contribution < -0.4 is 16.1 Å². The number of hydrogen-bond acceptors (Lipinski definition) is 4. The van der Waals surface area contributed by atoms with Crippen LogP contribution in [0.4, 0.5) is 5.69 Å². The summed E-state index contributed by atoms with van der Waals surface area (Å²) in [7, 11) is 5.36. The minimum absolute atomic E-state index is 0.273. The number of rotatable bonds is 2. The van der Waals surface area contributed by atoms with Crippen LogP contribution in [0.5, 0.6) is 0 Å². The maximum absolute atomic E-state index is 12.3. The van der Waals surface area contributed by atoms with Crippen LogP contribution in [0.3, 0.4) is 0 Å². The fourth-order valence-electron chi connectivity index (χ4n) is 2.22. The molecule has 2 N–H and O–H groups in total. The number of fused-ring (bicyclic) bond motifs is 1. The molecule has 0 saturated heterocycles. The maximum atomic E-state index is 12.3. The van der Waals surface area contributed by atoms with E-state index in [0.717, 1.165) is 15.8 Å². The average molecular weight is 285 g/mol. The molecule has 0 aliphatic rings. The van der Waals surface area contributed by atoms with Crippen LogP contribution in [-0.2, 0) is 7.05 Å². The van der Waals surface area contributed by atoms with Gasteiger partial charge in [-0.05, 0) is 12.1 Å². The standard InChI is InChI=1S/C14H15N5O2/c1-18(2)9-6-4-8(5-7-9)11-10-12(17-16-11)15-14(21)19(3)13(10)20/h4-7H,1-3H3,(H2,15,16,17,21). The molecular weight excluding hydrogens is 270 g/mol. The number of aromatic amines is 2. The highest BCUT2D eigenvalue weighted by Gasteiger charge is 2.14. The minimum Gasteiger partial charge on any atom is -0.378 e. The van der Waals surface area contributed by atoms with Crippen molar-refractivity contribution in [1.29, 1.82) is 0 Å². The van der Waals surface area contributed by atoms with E-state index in [9.17, 15) is 9.59 Å². The van der Waals surface area contributed by atoms with Gasteiger partial charge in [0.1, 0.15) is 5.39 Å². The Balaban J connectivity index is 2.24. The second-order valence-electron chi connectivity index (χ2n) is 5.06. The van der Waals surface area contributed by atoms with Crippen LogP contribution in [0.25, 0.3) is 22.3 Å². The Kier molecular flexibility index (Phi) is 2.90. The number of nitrogens with zero attached hydrogens (tertiary/aromatic N) is 3. The van der Waals surface area contributed by atoms with Crippen molar-refractivity contribution in [3.63, 3.8) is 0 Å². The molecular formula is C14H15N5O2. The first-order valence-corrected chi connectivity index (χ1v) is 6.44. The van der Waals surface area contributed by atoms with E-state index in [1.165, 1.54) is 7.05 Å². The van der Waals surface area contributed by atoms with E-state index in [4.69, 9.17) is 0 Å². The molecule has 3 aromatic rings. The number of aromatic nitrogens is 4. The highest BCUT2D eigenvalue weighted by Crippen LogP contribution is 2.24. The summed E-state index contributed by atoms with van der Waals surface area (Å²) in [4.78, 5) is 28.4. The van der Waals surface area contributed by atoms with E-state index in [2.05, 4.69) is 15.2 Å². The van der Waals surface area contributed by atoms with Crippen molar-refractivity contribution in [1.82, 2.24) is 19.7 Å². The fourth-order valence-corrected chi connectivity index (χ4v) is 2.22. The van der Waals surface area contributed by atoms with Crippen LogP contribution in [0.2, 0.25) is 0 Å². The lowest BCUT2D eigenvalue weighted by molar-refractivity contribution is 0.792. The van der Waals surface area contributed by atoms with Crippen molar-refractivity contribution in [2.45, 2.75) is 0 Å². The average Bonchev–Trinajstić information content (AvgIpc) is 2.88. The molecule has 21 heavy (non-hydrogen) atoms. The number of nitrogens with one attached hydrogen (secondary N) is 2. The first kappa shape index (κ1) is 13.2. The van der Waals surface area contributed by atoms with Gasteiger partial charge in [0, 0.05) is 32.4 Å². The molecule has 7 heteroatoms. The van der Waals surface area contributed by atoms with Crippen molar-refractivity contribution in [3.05, 3.63) is 45.1 Å². The van der Waals surface area contributed by atoms with Gasteiger partial charge in [0.25, 0.3) is 5.56 Å². The van der Waals surface area contributed by atoms with Gasteiger partial charge < -0.3 is 4.90 Å². The molecule has 0 saturated carbocycles. The van der Waals surface area contributed by atoms with Gasteiger partial charge in [-0.2, -0.15) is 5.10 Å². The van der Waals surface area contributed by atoms with Crippen molar-refractivity contribution >= 4 is 16.7 Å². The highest BCUT2D eigenvalue weighted by molar-refractivity contribution is 5.90. The molecule has 2 heterocycles. The maximum Gasteiger partial charge on any atom is 0.329 e. The van der Waals surface area contributed by atoms with E-state index < -0.39 is 5.69 Å². The van der Waals surface area contributed by atoms with Crippen molar-refractivity contribution in [2.24, 2.45) is 7.05 Å². The second kappa shape index (κ2) is 4.62. The number of H-pyrrole nitrogens is 2. The normalized spacial score (nSPS) is 11.0. The van der Waals surface area contributed by atoms with Crippen LogP contribution in [-0.4, -0.2) is 33.8 Å². The van der Waals surface area contributed by atoms with Crippen LogP contribution in [0.15, 0.2) is 33.9 Å². The van der Waals surface area contributed by atoms with Crippen LogP contribution in [0, 0.1) is 0 Å². The first-order valence-electron chi connectivity index (χ1n) is 6.44. The third kappa shape index (κ3) is 2.03. The molecule has 7 nitrogen and oxygen atoms in total. The van der Waals surface area contributed by atoms with Gasteiger partial charge in [-0.1, -0.05) is 12.1 Å². The van der Waals surface area contributed by atoms with Crippen LogP contribution >= 0.6 is 0 Å². The molecule has 0 aliphatic carbocycles. The van der Waals surface area contributed by atoms with Gasteiger partial charge in [0.15, 0.2) is 5.65 Å². The predicted molar refractivity (Wildman–Crippen MR) is 81.7 cm³/mol. The van der Waals surface area contributed by atoms with E-state index in [1.807, 2.05) is 43.3 Å². The summed E-state index contributed by atoms with van der Waals surface area (Å²) in [5, 5.41) is 7.22. The predicted octanol–water partition coefficient (Wildman–Crippen LogP) is 0.683. The zero-order chi connectivity index (χ0) is 15.1. The first-order chi connectivity index (χ1) is 9.99. The molecule has 0 radical (unpaired) electrons. The molecule has 3 rings (SSSR count). The zero-order valence-electron chi connectivity index (χ0n) is 12.0.